The first-order chi connectivity index (χ1) is 10.5. The molecular weight excluding hydrogens is 278 g/mol. The highest BCUT2D eigenvalue weighted by molar-refractivity contribution is 5.96. The molecule has 1 aromatic carbocycles. The molecule has 0 saturated heterocycles. The number of aryl methyl sites for hydroxylation is 2. The maximum atomic E-state index is 12.0. The zero-order chi connectivity index (χ0) is 15.9. The van der Waals surface area contributed by atoms with Crippen LogP contribution >= 0.6 is 0 Å². The molecule has 1 aromatic heterocycles. The molecule has 0 unspecified atom stereocenters. The van der Waals surface area contributed by atoms with Crippen molar-refractivity contribution in [3.8, 4) is 0 Å². The molecule has 2 rings (SSSR count). The van der Waals surface area contributed by atoms with Gasteiger partial charge < -0.3 is 10.6 Å². The Kier molecular flexibility index (Phi) is 5.25. The minimum Gasteiger partial charge on any atom is -0.350 e. The van der Waals surface area contributed by atoms with E-state index in [-0.39, 0.29) is 18.4 Å². The van der Waals surface area contributed by atoms with E-state index in [9.17, 15) is 9.59 Å². The van der Waals surface area contributed by atoms with E-state index in [2.05, 4.69) is 15.6 Å². The molecule has 2 amide bonds. The predicted molar refractivity (Wildman–Crippen MR) is 84.3 cm³/mol. The summed E-state index contributed by atoms with van der Waals surface area (Å²) in [5, 5.41) is 5.37. The van der Waals surface area contributed by atoms with Gasteiger partial charge in [-0.25, -0.2) is 0 Å². The molecule has 5 heteroatoms. The van der Waals surface area contributed by atoms with Gasteiger partial charge in [-0.15, -0.1) is 0 Å². The van der Waals surface area contributed by atoms with Crippen molar-refractivity contribution in [2.45, 2.75) is 20.4 Å². The van der Waals surface area contributed by atoms with Crippen molar-refractivity contribution < 1.29 is 9.59 Å². The molecule has 2 N–H and O–H groups in total. The molecule has 0 saturated carbocycles. The number of hydrogen-bond donors (Lipinski definition) is 2. The second-order valence-corrected chi connectivity index (χ2v) is 5.19. The van der Waals surface area contributed by atoms with Gasteiger partial charge in [0, 0.05) is 24.5 Å². The van der Waals surface area contributed by atoms with E-state index < -0.39 is 0 Å². The fourth-order valence-electron chi connectivity index (χ4n) is 2.13. The van der Waals surface area contributed by atoms with Crippen LogP contribution in [0, 0.1) is 13.8 Å². The van der Waals surface area contributed by atoms with Gasteiger partial charge in [0.1, 0.15) is 0 Å². The summed E-state index contributed by atoms with van der Waals surface area (Å²) in [6.07, 6.45) is 3.34. The fraction of sp³-hybridized carbons (Fsp3) is 0.235. The number of nitrogens with zero attached hydrogens (tertiary/aromatic N) is 1. The minimum atomic E-state index is -0.245. The SMILES string of the molecule is Cc1cc(C)cc(C(=O)NCC(=O)NCc2ccncc2)c1. The highest BCUT2D eigenvalue weighted by Crippen LogP contribution is 2.08. The molecule has 0 aliphatic rings. The third-order valence-corrected chi connectivity index (χ3v) is 3.13. The zero-order valence-corrected chi connectivity index (χ0v) is 12.7. The number of aromatic nitrogens is 1. The van der Waals surface area contributed by atoms with Gasteiger partial charge in [-0.2, -0.15) is 0 Å². The Balaban J connectivity index is 1.81. The van der Waals surface area contributed by atoms with Gasteiger partial charge in [0.15, 0.2) is 0 Å². The van der Waals surface area contributed by atoms with Gasteiger partial charge in [0.05, 0.1) is 6.54 Å². The normalized spacial score (nSPS) is 10.1. The Labute approximate surface area is 129 Å². The summed E-state index contributed by atoms with van der Waals surface area (Å²) in [6.45, 7) is 4.24. The molecule has 5 nitrogen and oxygen atoms in total. The van der Waals surface area contributed by atoms with Gasteiger partial charge >= 0.3 is 0 Å². The van der Waals surface area contributed by atoms with Crippen LogP contribution in [-0.4, -0.2) is 23.3 Å². The number of benzene rings is 1. The minimum absolute atomic E-state index is 0.0447. The van der Waals surface area contributed by atoms with Crippen LogP contribution in [0.25, 0.3) is 0 Å². The van der Waals surface area contributed by atoms with Crippen molar-refractivity contribution >= 4 is 11.8 Å². The Morgan fingerprint density at radius 1 is 1.00 bits per heavy atom. The summed E-state index contributed by atoms with van der Waals surface area (Å²) >= 11 is 0. The Morgan fingerprint density at radius 3 is 2.27 bits per heavy atom. The number of pyridine rings is 1. The summed E-state index contributed by atoms with van der Waals surface area (Å²) in [6, 6.07) is 9.26. The second kappa shape index (κ2) is 7.36. The van der Waals surface area contributed by atoms with Crippen molar-refractivity contribution in [2.24, 2.45) is 0 Å². The van der Waals surface area contributed by atoms with Crippen LogP contribution in [0.1, 0.15) is 27.0 Å². The van der Waals surface area contributed by atoms with E-state index in [1.165, 1.54) is 0 Å². The number of nitrogens with one attached hydrogen (secondary N) is 2. The topological polar surface area (TPSA) is 71.1 Å². The van der Waals surface area contributed by atoms with E-state index in [1.807, 2.05) is 32.0 Å². The van der Waals surface area contributed by atoms with E-state index in [1.54, 1.807) is 24.5 Å². The number of rotatable bonds is 5. The molecule has 0 bridgehead atoms. The van der Waals surface area contributed by atoms with Crippen LogP contribution in [0.3, 0.4) is 0 Å². The Hall–Kier alpha value is -2.69. The first kappa shape index (κ1) is 15.7. The smallest absolute Gasteiger partial charge is 0.251 e. The number of hydrogen-bond acceptors (Lipinski definition) is 3. The molecule has 0 atom stereocenters. The number of amides is 2. The van der Waals surface area contributed by atoms with Gasteiger partial charge in [0.2, 0.25) is 5.91 Å². The average molecular weight is 297 g/mol. The number of carbonyl (C=O) groups excluding carboxylic acids is 2. The summed E-state index contributed by atoms with van der Waals surface area (Å²) in [7, 11) is 0. The van der Waals surface area contributed by atoms with Crippen LogP contribution in [0.4, 0.5) is 0 Å². The van der Waals surface area contributed by atoms with E-state index in [0.717, 1.165) is 16.7 Å². The molecule has 22 heavy (non-hydrogen) atoms. The van der Waals surface area contributed by atoms with Crippen molar-refractivity contribution in [1.82, 2.24) is 15.6 Å². The molecule has 0 fully saturated rings. The van der Waals surface area contributed by atoms with Crippen LogP contribution in [0.2, 0.25) is 0 Å². The summed E-state index contributed by atoms with van der Waals surface area (Å²) in [5.74, 6) is -0.472. The maximum absolute atomic E-state index is 12.0. The van der Waals surface area contributed by atoms with Crippen LogP contribution in [0.15, 0.2) is 42.7 Å². The molecule has 2 aromatic rings. The quantitative estimate of drug-likeness (QED) is 0.883. The lowest BCUT2D eigenvalue weighted by molar-refractivity contribution is -0.120. The molecule has 0 aliphatic heterocycles. The fourth-order valence-corrected chi connectivity index (χ4v) is 2.13. The summed E-state index contributed by atoms with van der Waals surface area (Å²) < 4.78 is 0. The highest BCUT2D eigenvalue weighted by Gasteiger charge is 2.08. The van der Waals surface area contributed by atoms with Gasteiger partial charge in [-0.3, -0.25) is 14.6 Å². The lowest BCUT2D eigenvalue weighted by atomic mass is 10.1. The lowest BCUT2D eigenvalue weighted by Gasteiger charge is -2.08. The van der Waals surface area contributed by atoms with Crippen molar-refractivity contribution in [3.63, 3.8) is 0 Å². The van der Waals surface area contributed by atoms with Crippen molar-refractivity contribution in [3.05, 3.63) is 65.0 Å². The molecule has 0 aliphatic carbocycles. The second-order valence-electron chi connectivity index (χ2n) is 5.19. The Bertz CT molecular complexity index is 649. The average Bonchev–Trinajstić information content (AvgIpc) is 2.50. The Morgan fingerprint density at radius 2 is 1.64 bits per heavy atom. The largest absolute Gasteiger partial charge is 0.350 e. The van der Waals surface area contributed by atoms with E-state index >= 15 is 0 Å². The molecule has 114 valence electrons. The molecule has 1 heterocycles. The van der Waals surface area contributed by atoms with E-state index in [0.29, 0.717) is 12.1 Å². The zero-order valence-electron chi connectivity index (χ0n) is 12.7. The molecule has 0 spiro atoms. The van der Waals surface area contributed by atoms with Crippen molar-refractivity contribution in [2.75, 3.05) is 6.54 Å². The number of carbonyl (C=O) groups is 2. The van der Waals surface area contributed by atoms with E-state index in [4.69, 9.17) is 0 Å². The monoisotopic (exact) mass is 297 g/mol. The highest BCUT2D eigenvalue weighted by atomic mass is 16.2. The molecular formula is C17H19N3O2. The lowest BCUT2D eigenvalue weighted by Crippen LogP contribution is -2.36. The third-order valence-electron chi connectivity index (χ3n) is 3.13. The standard InChI is InChI=1S/C17H19N3O2/c1-12-7-13(2)9-15(8-12)17(22)20-11-16(21)19-10-14-3-5-18-6-4-14/h3-9H,10-11H2,1-2H3,(H,19,21)(H,20,22). The molecule has 0 radical (unpaired) electrons. The summed E-state index contributed by atoms with van der Waals surface area (Å²) in [5.41, 5.74) is 3.57. The summed E-state index contributed by atoms with van der Waals surface area (Å²) in [4.78, 5) is 27.7. The third kappa shape index (κ3) is 4.70. The maximum Gasteiger partial charge on any atom is 0.251 e. The van der Waals surface area contributed by atoms with Crippen molar-refractivity contribution in [1.29, 1.82) is 0 Å². The van der Waals surface area contributed by atoms with Crippen LogP contribution in [0.5, 0.6) is 0 Å². The van der Waals surface area contributed by atoms with Crippen LogP contribution < -0.4 is 10.6 Å². The van der Waals surface area contributed by atoms with Gasteiger partial charge in [-0.1, -0.05) is 17.2 Å². The first-order valence-corrected chi connectivity index (χ1v) is 7.06. The van der Waals surface area contributed by atoms with Crippen LogP contribution in [-0.2, 0) is 11.3 Å². The predicted octanol–water partition coefficient (Wildman–Crippen LogP) is 1.74. The van der Waals surface area contributed by atoms with Gasteiger partial charge in [0.25, 0.3) is 5.91 Å². The first-order valence-electron chi connectivity index (χ1n) is 7.06. The van der Waals surface area contributed by atoms with Gasteiger partial charge in [-0.05, 0) is 43.7 Å².